The van der Waals surface area contributed by atoms with Gasteiger partial charge in [0, 0.05) is 11.6 Å². The maximum Gasteiger partial charge on any atom is 0.249 e. The van der Waals surface area contributed by atoms with Crippen molar-refractivity contribution in [3.05, 3.63) is 64.7 Å². The first kappa shape index (κ1) is 18.7. The Morgan fingerprint density at radius 1 is 1.31 bits per heavy atom. The summed E-state index contributed by atoms with van der Waals surface area (Å²) in [5.41, 5.74) is 7.35. The van der Waals surface area contributed by atoms with Crippen LogP contribution in [0.1, 0.15) is 30.0 Å². The van der Waals surface area contributed by atoms with Crippen LogP contribution in [0.2, 0.25) is 5.02 Å². The number of benzene rings is 2. The van der Waals surface area contributed by atoms with Gasteiger partial charge in [0.05, 0.1) is 19.3 Å². The molecule has 138 valence electrons. The second-order valence-corrected chi connectivity index (χ2v) is 6.71. The van der Waals surface area contributed by atoms with Gasteiger partial charge in [0.2, 0.25) is 5.91 Å². The van der Waals surface area contributed by atoms with Crippen LogP contribution in [-0.4, -0.2) is 31.8 Å². The van der Waals surface area contributed by atoms with Crippen molar-refractivity contribution in [1.82, 2.24) is 5.32 Å². The molecule has 2 aromatic rings. The van der Waals surface area contributed by atoms with E-state index in [2.05, 4.69) is 5.32 Å². The van der Waals surface area contributed by atoms with E-state index in [-0.39, 0.29) is 12.0 Å². The van der Waals surface area contributed by atoms with Gasteiger partial charge in [-0.05, 0) is 42.2 Å². The smallest absolute Gasteiger partial charge is 0.249 e. The molecule has 26 heavy (non-hydrogen) atoms. The van der Waals surface area contributed by atoms with Gasteiger partial charge >= 0.3 is 0 Å². The molecule has 3 N–H and O–H groups in total. The lowest BCUT2D eigenvalue weighted by Gasteiger charge is -2.23. The highest BCUT2D eigenvalue weighted by molar-refractivity contribution is 6.31. The third-order valence-corrected chi connectivity index (χ3v) is 4.94. The number of ether oxygens (including phenoxy) is 2. The highest BCUT2D eigenvalue weighted by atomic mass is 35.5. The van der Waals surface area contributed by atoms with Crippen LogP contribution < -0.4 is 15.8 Å². The zero-order chi connectivity index (χ0) is 18.5. The molecule has 0 aliphatic carbocycles. The number of halogens is 1. The van der Waals surface area contributed by atoms with Crippen LogP contribution in [0.4, 0.5) is 0 Å². The summed E-state index contributed by atoms with van der Waals surface area (Å²) in [5, 5.41) is 3.67. The van der Waals surface area contributed by atoms with E-state index in [0.29, 0.717) is 23.7 Å². The molecule has 1 unspecified atom stereocenters. The highest BCUT2D eigenvalue weighted by Gasteiger charge is 2.32. The summed E-state index contributed by atoms with van der Waals surface area (Å²) in [6.07, 6.45) is 0.923. The third-order valence-electron chi connectivity index (χ3n) is 4.59. The molecule has 3 atom stereocenters. The van der Waals surface area contributed by atoms with Crippen LogP contribution in [0.25, 0.3) is 0 Å². The van der Waals surface area contributed by atoms with E-state index < -0.39 is 12.1 Å². The SMILES string of the molecule is COc1cccc(C(NC(=O)[C@@H]2CC[C@H](CN)O2)c2ccccc2Cl)c1. The fourth-order valence-corrected chi connectivity index (χ4v) is 3.42. The standard InChI is InChI=1S/C20H23ClN2O3/c1-25-14-6-4-5-13(11-14)19(16-7-2-3-8-17(16)21)23-20(24)18-10-9-15(12-22)26-18/h2-8,11,15,18-19H,9-10,12,22H2,1H3,(H,23,24)/t15-,18+,19?/m1/s1. The maximum absolute atomic E-state index is 12.8. The molecule has 6 heteroatoms. The Balaban J connectivity index is 1.88. The predicted octanol–water partition coefficient (Wildman–Crippen LogP) is 3.06. The number of methoxy groups -OCH3 is 1. The van der Waals surface area contributed by atoms with Gasteiger partial charge in [-0.3, -0.25) is 4.79 Å². The summed E-state index contributed by atoms with van der Waals surface area (Å²) in [6, 6.07) is 14.7. The van der Waals surface area contributed by atoms with Gasteiger partial charge in [0.25, 0.3) is 0 Å². The fourth-order valence-electron chi connectivity index (χ4n) is 3.18. The maximum atomic E-state index is 12.8. The van der Waals surface area contributed by atoms with Crippen LogP contribution in [0.3, 0.4) is 0 Å². The van der Waals surface area contributed by atoms with Gasteiger partial charge in [0.1, 0.15) is 11.9 Å². The number of carbonyl (C=O) groups is 1. The van der Waals surface area contributed by atoms with E-state index in [1.807, 2.05) is 48.5 Å². The normalized spacial score (nSPS) is 20.6. The molecule has 1 amide bonds. The van der Waals surface area contributed by atoms with Crippen LogP contribution in [0.15, 0.2) is 48.5 Å². The Hall–Kier alpha value is -2.08. The number of hydrogen-bond donors (Lipinski definition) is 2. The lowest BCUT2D eigenvalue weighted by atomic mass is 9.98. The van der Waals surface area contributed by atoms with Crippen molar-refractivity contribution in [3.63, 3.8) is 0 Å². The van der Waals surface area contributed by atoms with Crippen molar-refractivity contribution in [1.29, 1.82) is 0 Å². The van der Waals surface area contributed by atoms with Crippen molar-refractivity contribution >= 4 is 17.5 Å². The first-order chi connectivity index (χ1) is 12.6. The van der Waals surface area contributed by atoms with Crippen molar-refractivity contribution < 1.29 is 14.3 Å². The molecule has 2 aromatic carbocycles. The highest BCUT2D eigenvalue weighted by Crippen LogP contribution is 2.31. The quantitative estimate of drug-likeness (QED) is 0.815. The van der Waals surface area contributed by atoms with E-state index in [0.717, 1.165) is 17.5 Å². The third kappa shape index (κ3) is 4.18. The number of hydrogen-bond acceptors (Lipinski definition) is 4. The summed E-state index contributed by atoms with van der Waals surface area (Å²) in [5.74, 6) is 0.558. The number of nitrogens with two attached hydrogens (primary N) is 1. The van der Waals surface area contributed by atoms with Crippen molar-refractivity contribution in [2.24, 2.45) is 5.73 Å². The zero-order valence-corrected chi connectivity index (χ0v) is 15.4. The van der Waals surface area contributed by atoms with Crippen molar-refractivity contribution in [3.8, 4) is 5.75 Å². The summed E-state index contributed by atoms with van der Waals surface area (Å²) in [4.78, 5) is 12.8. The summed E-state index contributed by atoms with van der Waals surface area (Å²) in [7, 11) is 1.61. The Morgan fingerprint density at radius 2 is 2.12 bits per heavy atom. The lowest BCUT2D eigenvalue weighted by molar-refractivity contribution is -0.132. The molecule has 0 spiro atoms. The van der Waals surface area contributed by atoms with Gasteiger partial charge in [-0.1, -0.05) is 41.9 Å². The minimum atomic E-state index is -0.487. The molecule has 1 heterocycles. The molecule has 3 rings (SSSR count). The molecular formula is C20H23ClN2O3. The van der Waals surface area contributed by atoms with Gasteiger partial charge in [-0.2, -0.15) is 0 Å². The monoisotopic (exact) mass is 374 g/mol. The average Bonchev–Trinajstić information content (AvgIpc) is 3.16. The lowest BCUT2D eigenvalue weighted by Crippen LogP contribution is -2.38. The molecule has 5 nitrogen and oxygen atoms in total. The Labute approximate surface area is 158 Å². The van der Waals surface area contributed by atoms with Crippen LogP contribution in [0.5, 0.6) is 5.75 Å². The Morgan fingerprint density at radius 3 is 2.81 bits per heavy atom. The second kappa shape index (κ2) is 8.54. The summed E-state index contributed by atoms with van der Waals surface area (Å²) < 4.78 is 11.0. The summed E-state index contributed by atoms with van der Waals surface area (Å²) in [6.45, 7) is 0.424. The number of carbonyl (C=O) groups excluding carboxylic acids is 1. The van der Waals surface area contributed by atoms with Gasteiger partial charge < -0.3 is 20.5 Å². The molecule has 1 aliphatic rings. The van der Waals surface area contributed by atoms with Crippen LogP contribution in [-0.2, 0) is 9.53 Å². The fraction of sp³-hybridized carbons (Fsp3) is 0.350. The van der Waals surface area contributed by atoms with Crippen LogP contribution >= 0.6 is 11.6 Å². The molecular weight excluding hydrogens is 352 g/mol. The first-order valence-corrected chi connectivity index (χ1v) is 9.04. The van der Waals surface area contributed by atoms with E-state index >= 15 is 0 Å². The van der Waals surface area contributed by atoms with E-state index in [1.165, 1.54) is 0 Å². The summed E-state index contributed by atoms with van der Waals surface area (Å²) >= 11 is 6.40. The van der Waals surface area contributed by atoms with E-state index in [1.54, 1.807) is 7.11 Å². The Bertz CT molecular complexity index is 768. The van der Waals surface area contributed by atoms with Gasteiger partial charge in [-0.15, -0.1) is 0 Å². The number of amides is 1. The van der Waals surface area contributed by atoms with Crippen LogP contribution in [0, 0.1) is 0 Å². The second-order valence-electron chi connectivity index (χ2n) is 6.30. The molecule has 0 bridgehead atoms. The predicted molar refractivity (Wildman–Crippen MR) is 101 cm³/mol. The first-order valence-electron chi connectivity index (χ1n) is 8.66. The minimum absolute atomic E-state index is 0.0543. The topological polar surface area (TPSA) is 73.6 Å². The Kier molecular flexibility index (Phi) is 6.14. The van der Waals surface area contributed by atoms with E-state index in [9.17, 15) is 4.79 Å². The molecule has 0 radical (unpaired) electrons. The molecule has 0 aromatic heterocycles. The van der Waals surface area contributed by atoms with Crippen molar-refractivity contribution in [2.75, 3.05) is 13.7 Å². The molecule has 1 aliphatic heterocycles. The molecule has 0 saturated carbocycles. The molecule has 1 fully saturated rings. The van der Waals surface area contributed by atoms with E-state index in [4.69, 9.17) is 26.8 Å². The zero-order valence-electron chi connectivity index (χ0n) is 14.7. The van der Waals surface area contributed by atoms with Crippen molar-refractivity contribution in [2.45, 2.75) is 31.1 Å². The molecule has 1 saturated heterocycles. The number of nitrogens with one attached hydrogen (secondary N) is 1. The number of rotatable bonds is 6. The van der Waals surface area contributed by atoms with Gasteiger partial charge in [0.15, 0.2) is 0 Å². The average molecular weight is 375 g/mol. The minimum Gasteiger partial charge on any atom is -0.497 e. The van der Waals surface area contributed by atoms with Gasteiger partial charge in [-0.25, -0.2) is 0 Å². The largest absolute Gasteiger partial charge is 0.497 e.